The third-order valence-electron chi connectivity index (χ3n) is 9.02. The Balaban J connectivity index is 5.48. The van der Waals surface area contributed by atoms with Crippen LogP contribution in [0.15, 0.2) is 0 Å². The molecule has 0 bridgehead atoms. The van der Waals surface area contributed by atoms with Crippen LogP contribution >= 0.6 is 25.3 Å². The third-order valence-corrected chi connectivity index (χ3v) is 10.6. The van der Waals surface area contributed by atoms with Crippen LogP contribution in [0.4, 0.5) is 0 Å². The van der Waals surface area contributed by atoms with E-state index in [1.54, 1.807) is 34.6 Å². The number of unbranched alkanes of at least 4 members (excludes halogenated alkanes) is 1. The highest BCUT2D eigenvalue weighted by Crippen LogP contribution is 2.45. The number of quaternary nitrogens is 1. The maximum atomic E-state index is 13.8. The van der Waals surface area contributed by atoms with Crippen LogP contribution in [-0.2, 0) is 38.8 Å². The van der Waals surface area contributed by atoms with Gasteiger partial charge in [-0.3, -0.25) is 23.7 Å². The monoisotopic (exact) mass is 772 g/mol. The van der Waals surface area contributed by atoms with Gasteiger partial charge in [-0.25, -0.2) is 0 Å². The lowest BCUT2D eigenvalue weighted by atomic mass is 9.65. The number of nitrogens with one attached hydrogen (secondary N) is 2. The number of carbonyl (C=O) groups is 4. The fourth-order valence-corrected chi connectivity index (χ4v) is 7.39. The van der Waals surface area contributed by atoms with E-state index < -0.39 is 38.3 Å². The highest BCUT2D eigenvalue weighted by Gasteiger charge is 2.49. The summed E-state index contributed by atoms with van der Waals surface area (Å²) in [6, 6.07) is 0. The third kappa shape index (κ3) is 20.4. The highest BCUT2D eigenvalue weighted by molar-refractivity contribution is 7.85. The van der Waals surface area contributed by atoms with Gasteiger partial charge < -0.3 is 29.7 Å². The number of amides is 2. The maximum absolute atomic E-state index is 13.8. The van der Waals surface area contributed by atoms with Gasteiger partial charge in [-0.05, 0) is 58.1 Å². The van der Waals surface area contributed by atoms with Crippen molar-refractivity contribution in [3.63, 3.8) is 0 Å². The summed E-state index contributed by atoms with van der Waals surface area (Å²) in [6.45, 7) is 9.69. The van der Waals surface area contributed by atoms with Gasteiger partial charge in [0.2, 0.25) is 11.8 Å². The first-order valence-corrected chi connectivity index (χ1v) is 20.4. The second kappa shape index (κ2) is 23.2. The summed E-state index contributed by atoms with van der Waals surface area (Å²) in [5.74, 6) is -1.12. The Kier molecular flexibility index (Phi) is 22.4. The lowest BCUT2D eigenvalue weighted by Crippen LogP contribution is -2.47. The zero-order chi connectivity index (χ0) is 38.7. The van der Waals surface area contributed by atoms with Crippen molar-refractivity contribution in [3.05, 3.63) is 0 Å². The predicted molar refractivity (Wildman–Crippen MR) is 202 cm³/mol. The predicted octanol–water partition coefficient (Wildman–Crippen LogP) is 3.45. The number of nitrogens with zero attached hydrogens (tertiary/aromatic N) is 1. The van der Waals surface area contributed by atoms with Gasteiger partial charge in [0.15, 0.2) is 0 Å². The van der Waals surface area contributed by atoms with Crippen molar-refractivity contribution in [2.24, 2.45) is 16.2 Å². The molecule has 0 aliphatic heterocycles. The Morgan fingerprint density at radius 3 is 2.02 bits per heavy atom. The number of carbonyl (C=O) groups excluding carboxylic acids is 4. The number of hydrogen-bond donors (Lipinski definition) is 6. The molecule has 13 nitrogen and oxygen atoms in total. The standard InChI is InChI=1S/C34H65N3O10S3/c1-8-33(4,30(41)47-22-20-38)26-34(5,31(42)46-21-17-35-28(39)14-10-9-13-27(49)15-23-48)25-32(2,3)29(40)36-16-11-18-37(6,7)19-12-24-50(43,44)45/h27,38H,8-26H2,1-7H3,(H4-,35,36,39,40,43,44,45,48,49)/p+1. The first-order valence-electron chi connectivity index (χ1n) is 17.6. The topological polar surface area (TPSA) is 185 Å². The second-order valence-electron chi connectivity index (χ2n) is 15.1. The van der Waals surface area contributed by atoms with Gasteiger partial charge in [0.1, 0.15) is 13.2 Å². The van der Waals surface area contributed by atoms with Crippen molar-refractivity contribution in [1.82, 2.24) is 10.6 Å². The second-order valence-corrected chi connectivity index (χ2v) is 17.9. The van der Waals surface area contributed by atoms with E-state index in [1.807, 2.05) is 14.1 Å². The first kappa shape index (κ1) is 48.4. The van der Waals surface area contributed by atoms with E-state index in [1.165, 1.54) is 0 Å². The summed E-state index contributed by atoms with van der Waals surface area (Å²) in [5, 5.41) is 15.2. The van der Waals surface area contributed by atoms with Crippen LogP contribution in [0.3, 0.4) is 0 Å². The summed E-state index contributed by atoms with van der Waals surface area (Å²) < 4.78 is 42.5. The molecule has 0 aromatic rings. The molecule has 0 aliphatic carbocycles. The van der Waals surface area contributed by atoms with Crippen LogP contribution in [0, 0.1) is 16.2 Å². The number of rotatable bonds is 28. The van der Waals surface area contributed by atoms with Crippen LogP contribution in [0.5, 0.6) is 0 Å². The highest BCUT2D eigenvalue weighted by atomic mass is 32.2. The lowest BCUT2D eigenvalue weighted by Gasteiger charge is -2.40. The molecule has 3 atom stereocenters. The molecule has 16 heteroatoms. The summed E-state index contributed by atoms with van der Waals surface area (Å²) in [6.07, 6.45) is 5.11. The Morgan fingerprint density at radius 2 is 1.44 bits per heavy atom. The molecule has 50 heavy (non-hydrogen) atoms. The molecule has 0 aliphatic rings. The van der Waals surface area contributed by atoms with Gasteiger partial charge in [-0.2, -0.15) is 33.7 Å². The van der Waals surface area contributed by atoms with Gasteiger partial charge in [-0.1, -0.05) is 27.2 Å². The van der Waals surface area contributed by atoms with Crippen LogP contribution in [-0.4, -0.2) is 123 Å². The zero-order valence-electron chi connectivity index (χ0n) is 31.4. The molecule has 0 fully saturated rings. The van der Waals surface area contributed by atoms with E-state index in [0.717, 1.165) is 31.4 Å². The summed E-state index contributed by atoms with van der Waals surface area (Å²) in [5.41, 5.74) is -3.46. The van der Waals surface area contributed by atoms with Crippen molar-refractivity contribution in [2.75, 3.05) is 71.6 Å². The number of esters is 2. The van der Waals surface area contributed by atoms with Crippen molar-refractivity contribution >= 4 is 59.1 Å². The van der Waals surface area contributed by atoms with Crippen molar-refractivity contribution in [1.29, 1.82) is 0 Å². The van der Waals surface area contributed by atoms with Gasteiger partial charge in [0, 0.05) is 36.5 Å². The SMILES string of the molecule is CCC(C)(CC(C)(CC(C)(C)C(=O)NCCC[N+](C)(C)CCCS(=O)(=O)O)C(=O)OCCNC(=O)CCCCC(S)CCS)C(=O)OCCO. The molecule has 3 unspecified atom stereocenters. The van der Waals surface area contributed by atoms with Gasteiger partial charge in [0.05, 0.1) is 56.9 Å². The van der Waals surface area contributed by atoms with Crippen LogP contribution in [0.25, 0.3) is 0 Å². The molecule has 0 heterocycles. The van der Waals surface area contributed by atoms with E-state index in [2.05, 4.69) is 35.9 Å². The molecular formula is C34H66N3O10S3+. The number of aliphatic hydroxyl groups excluding tert-OH is 1. The molecule has 0 rings (SSSR count). The molecule has 0 saturated heterocycles. The number of aliphatic hydroxyl groups is 1. The molecule has 0 aromatic carbocycles. The van der Waals surface area contributed by atoms with Gasteiger partial charge >= 0.3 is 11.9 Å². The quantitative estimate of drug-likeness (QED) is 0.0226. The largest absolute Gasteiger partial charge is 0.463 e. The average molecular weight is 773 g/mol. The minimum absolute atomic E-state index is 0.0250. The minimum atomic E-state index is -4.02. The van der Waals surface area contributed by atoms with Crippen molar-refractivity contribution in [3.8, 4) is 0 Å². The Hall–Kier alpha value is -1.59. The molecule has 0 aromatic heterocycles. The van der Waals surface area contributed by atoms with Crippen LogP contribution in [0.1, 0.15) is 98.8 Å². The van der Waals surface area contributed by atoms with E-state index >= 15 is 0 Å². The number of hydrogen-bond acceptors (Lipinski definition) is 11. The smallest absolute Gasteiger partial charge is 0.311 e. The molecule has 294 valence electrons. The van der Waals surface area contributed by atoms with E-state index in [9.17, 15) is 32.7 Å². The lowest BCUT2D eigenvalue weighted by molar-refractivity contribution is -0.890. The van der Waals surface area contributed by atoms with Gasteiger partial charge in [0.25, 0.3) is 10.1 Å². The Labute approximate surface area is 311 Å². The Morgan fingerprint density at radius 1 is 0.840 bits per heavy atom. The van der Waals surface area contributed by atoms with E-state index in [0.29, 0.717) is 49.8 Å². The van der Waals surface area contributed by atoms with Crippen molar-refractivity contribution < 1.29 is 51.2 Å². The normalized spacial score (nSPS) is 15.3. The zero-order valence-corrected chi connectivity index (χ0v) is 34.0. The van der Waals surface area contributed by atoms with E-state index in [4.69, 9.17) is 14.0 Å². The first-order chi connectivity index (χ1) is 23.1. The molecule has 0 spiro atoms. The summed E-state index contributed by atoms with van der Waals surface area (Å²) in [4.78, 5) is 52.6. The Bertz CT molecular complexity index is 1170. The van der Waals surface area contributed by atoms with Crippen LogP contribution < -0.4 is 10.6 Å². The van der Waals surface area contributed by atoms with Crippen molar-refractivity contribution in [2.45, 2.75) is 104 Å². The fraction of sp³-hybridized carbons (Fsp3) is 0.882. The molecular weight excluding hydrogens is 707 g/mol. The average Bonchev–Trinajstić information content (AvgIpc) is 3.00. The molecule has 2 amide bonds. The number of ether oxygens (including phenoxy) is 2. The van der Waals surface area contributed by atoms with E-state index in [-0.39, 0.29) is 62.0 Å². The van der Waals surface area contributed by atoms with Gasteiger partial charge in [-0.15, -0.1) is 0 Å². The van der Waals surface area contributed by atoms with Crippen LogP contribution in [0.2, 0.25) is 0 Å². The summed E-state index contributed by atoms with van der Waals surface area (Å²) in [7, 11) is -0.129. The molecule has 0 saturated carbocycles. The fourth-order valence-electron chi connectivity index (χ4n) is 6.07. The molecule has 0 radical (unpaired) electrons. The number of thiol groups is 2. The minimum Gasteiger partial charge on any atom is -0.463 e. The molecule has 4 N–H and O–H groups in total. The maximum Gasteiger partial charge on any atom is 0.311 e. The summed E-state index contributed by atoms with van der Waals surface area (Å²) >= 11 is 8.72.